The average molecular weight is 352 g/mol. The van der Waals surface area contributed by atoms with Crippen molar-refractivity contribution in [2.45, 2.75) is 38.5 Å². The minimum atomic E-state index is -4.06. The molecule has 0 radical (unpaired) electrons. The van der Waals surface area contributed by atoms with Crippen molar-refractivity contribution in [3.63, 3.8) is 0 Å². The zero-order valence-corrected chi connectivity index (χ0v) is 13.5. The van der Waals surface area contributed by atoms with E-state index in [9.17, 15) is 23.8 Å². The van der Waals surface area contributed by atoms with E-state index in [0.717, 1.165) is 0 Å². The van der Waals surface area contributed by atoms with Gasteiger partial charge in [0.25, 0.3) is 11.8 Å². The van der Waals surface area contributed by atoms with Crippen molar-refractivity contribution in [1.82, 2.24) is 5.06 Å². The number of hydrogen-bond acceptors (Lipinski definition) is 8. The fourth-order valence-electron chi connectivity index (χ4n) is 1.74. The molecule has 0 aromatic carbocycles. The number of carbonyl (C=O) groups is 3. The number of nitrogens with two attached hydrogens (primary N) is 1. The monoisotopic (exact) mass is 352 g/mol. The van der Waals surface area contributed by atoms with Crippen molar-refractivity contribution in [3.05, 3.63) is 0 Å². The van der Waals surface area contributed by atoms with Gasteiger partial charge < -0.3 is 15.5 Å². The summed E-state index contributed by atoms with van der Waals surface area (Å²) in [6.45, 7) is 0.0299. The van der Waals surface area contributed by atoms with Gasteiger partial charge in [0.1, 0.15) is 0 Å². The second kappa shape index (κ2) is 9.74. The Labute approximate surface area is 133 Å². The van der Waals surface area contributed by atoms with Crippen LogP contribution in [0.15, 0.2) is 0 Å². The molecule has 1 fully saturated rings. The van der Waals surface area contributed by atoms with Crippen LogP contribution in [0.4, 0.5) is 0 Å². The Kier molecular flexibility index (Phi) is 8.35. The second-order valence-electron chi connectivity index (χ2n) is 4.78. The van der Waals surface area contributed by atoms with Crippen LogP contribution in [0, 0.1) is 0 Å². The fraction of sp³-hybridized carbons (Fsp3) is 0.750. The van der Waals surface area contributed by atoms with E-state index >= 15 is 0 Å². The van der Waals surface area contributed by atoms with Crippen LogP contribution in [0.2, 0.25) is 0 Å². The van der Waals surface area contributed by atoms with Gasteiger partial charge in [0.15, 0.2) is 0 Å². The smallest absolute Gasteiger partial charge is 0.330 e. The van der Waals surface area contributed by atoms with Gasteiger partial charge >= 0.3 is 13.8 Å². The summed E-state index contributed by atoms with van der Waals surface area (Å²) in [5.74, 6) is -1.71. The van der Waals surface area contributed by atoms with Gasteiger partial charge in [-0.1, -0.05) is 6.42 Å². The molecule has 1 unspecified atom stereocenters. The van der Waals surface area contributed by atoms with E-state index in [-0.39, 0.29) is 39.0 Å². The Morgan fingerprint density at radius 3 is 2.35 bits per heavy atom. The molecule has 0 spiro atoms. The van der Waals surface area contributed by atoms with E-state index < -0.39 is 25.6 Å². The maximum atomic E-state index is 11.5. The quantitative estimate of drug-likeness (QED) is 0.303. The summed E-state index contributed by atoms with van der Waals surface area (Å²) < 4.78 is 20.5. The maximum absolute atomic E-state index is 11.5. The van der Waals surface area contributed by atoms with Crippen LogP contribution in [0.1, 0.15) is 38.5 Å². The number of imide groups is 1. The highest BCUT2D eigenvalue weighted by atomic mass is 31.2. The molecule has 0 aliphatic carbocycles. The Balaban J connectivity index is 2.08. The highest BCUT2D eigenvalue weighted by Crippen LogP contribution is 2.42. The number of amides is 2. The van der Waals surface area contributed by atoms with Crippen molar-refractivity contribution < 1.29 is 37.7 Å². The summed E-state index contributed by atoms with van der Waals surface area (Å²) in [6, 6.07) is 0. The third-order valence-corrected chi connectivity index (χ3v) is 3.87. The zero-order valence-electron chi connectivity index (χ0n) is 12.6. The molecule has 0 aromatic rings. The van der Waals surface area contributed by atoms with E-state index in [1.165, 1.54) is 0 Å². The lowest BCUT2D eigenvalue weighted by atomic mass is 10.2. The first kappa shape index (κ1) is 19.7. The number of nitrogens with zero attached hydrogens (tertiary/aromatic N) is 1. The molecule has 132 valence electrons. The first-order chi connectivity index (χ1) is 10.9. The van der Waals surface area contributed by atoms with Gasteiger partial charge in [-0.15, -0.1) is 5.06 Å². The molecule has 3 N–H and O–H groups in total. The van der Waals surface area contributed by atoms with Gasteiger partial charge in [0.2, 0.25) is 0 Å². The van der Waals surface area contributed by atoms with Crippen molar-refractivity contribution in [2.24, 2.45) is 5.73 Å². The minimum absolute atomic E-state index is 0.00348. The van der Waals surface area contributed by atoms with Crippen molar-refractivity contribution in [3.8, 4) is 0 Å². The number of carbonyl (C=O) groups excluding carboxylic acids is 3. The third kappa shape index (κ3) is 7.67. The van der Waals surface area contributed by atoms with E-state index in [4.69, 9.17) is 10.3 Å². The first-order valence-electron chi connectivity index (χ1n) is 7.24. The van der Waals surface area contributed by atoms with Gasteiger partial charge in [0, 0.05) is 25.8 Å². The lowest BCUT2D eigenvalue weighted by Crippen LogP contribution is -2.31. The van der Waals surface area contributed by atoms with Crippen LogP contribution in [0.3, 0.4) is 0 Å². The van der Waals surface area contributed by atoms with Crippen LogP contribution < -0.4 is 5.73 Å². The zero-order chi connectivity index (χ0) is 17.3. The molecule has 1 aliphatic rings. The largest absolute Gasteiger partial charge is 0.472 e. The Morgan fingerprint density at radius 2 is 1.74 bits per heavy atom. The van der Waals surface area contributed by atoms with E-state index in [1.54, 1.807) is 0 Å². The summed E-state index contributed by atoms with van der Waals surface area (Å²) in [5, 5.41) is 0.502. The second-order valence-corrected chi connectivity index (χ2v) is 6.23. The van der Waals surface area contributed by atoms with Crippen LogP contribution in [-0.4, -0.2) is 47.5 Å². The van der Waals surface area contributed by atoms with Crippen molar-refractivity contribution in [2.75, 3.05) is 19.8 Å². The molecule has 2 amide bonds. The lowest BCUT2D eigenvalue weighted by Gasteiger charge is -2.12. The average Bonchev–Trinajstić information content (AvgIpc) is 2.80. The summed E-state index contributed by atoms with van der Waals surface area (Å²) in [4.78, 5) is 47.9. The van der Waals surface area contributed by atoms with Crippen LogP contribution in [0.5, 0.6) is 0 Å². The van der Waals surface area contributed by atoms with Gasteiger partial charge in [0.05, 0.1) is 13.2 Å². The predicted molar refractivity (Wildman–Crippen MR) is 76.4 cm³/mol. The van der Waals surface area contributed by atoms with Crippen LogP contribution in [-0.2, 0) is 32.8 Å². The molecule has 1 heterocycles. The van der Waals surface area contributed by atoms with Gasteiger partial charge in [-0.25, -0.2) is 9.36 Å². The van der Waals surface area contributed by atoms with Crippen LogP contribution >= 0.6 is 7.82 Å². The molecule has 1 rings (SSSR count). The molecular weight excluding hydrogens is 331 g/mol. The lowest BCUT2D eigenvalue weighted by molar-refractivity contribution is -0.197. The minimum Gasteiger partial charge on any atom is -0.330 e. The summed E-state index contributed by atoms with van der Waals surface area (Å²) in [6.07, 6.45) is 1.53. The molecule has 10 nitrogen and oxygen atoms in total. The molecule has 23 heavy (non-hydrogen) atoms. The summed E-state index contributed by atoms with van der Waals surface area (Å²) in [7, 11) is -4.06. The molecule has 1 aliphatic heterocycles. The Morgan fingerprint density at radius 1 is 1.13 bits per heavy atom. The highest BCUT2D eigenvalue weighted by molar-refractivity contribution is 7.47. The normalized spacial score (nSPS) is 17.4. The summed E-state index contributed by atoms with van der Waals surface area (Å²) >= 11 is 0. The predicted octanol–water partition coefficient (Wildman–Crippen LogP) is 0.246. The first-order valence-corrected chi connectivity index (χ1v) is 8.74. The molecule has 0 aromatic heterocycles. The SMILES string of the molecule is NCCOP(=O)(O)OCCCCCC(=O)ON1C(=O)CCC1=O. The summed E-state index contributed by atoms with van der Waals surface area (Å²) in [5.41, 5.74) is 5.13. The number of rotatable bonds is 11. The number of unbranched alkanes of at least 4 members (excludes halogenated alkanes) is 2. The van der Waals surface area contributed by atoms with Gasteiger partial charge in [-0.2, -0.15) is 0 Å². The van der Waals surface area contributed by atoms with E-state index in [2.05, 4.69) is 9.36 Å². The third-order valence-electron chi connectivity index (χ3n) is 2.85. The number of phosphoric ester groups is 1. The van der Waals surface area contributed by atoms with Crippen molar-refractivity contribution >= 4 is 25.6 Å². The number of phosphoric acid groups is 1. The van der Waals surface area contributed by atoms with E-state index in [1.807, 2.05) is 0 Å². The number of hydrogen-bond donors (Lipinski definition) is 2. The van der Waals surface area contributed by atoms with Gasteiger partial charge in [-0.3, -0.25) is 18.6 Å². The van der Waals surface area contributed by atoms with Crippen LogP contribution in [0.25, 0.3) is 0 Å². The molecular formula is C12H21N2O8P. The molecule has 11 heteroatoms. The molecule has 1 saturated heterocycles. The molecule has 1 atom stereocenters. The molecule has 0 bridgehead atoms. The highest BCUT2D eigenvalue weighted by Gasteiger charge is 2.32. The number of hydroxylamine groups is 2. The van der Waals surface area contributed by atoms with E-state index in [0.29, 0.717) is 24.3 Å². The molecule has 0 saturated carbocycles. The Hall–Kier alpha value is -1.32. The Bertz CT molecular complexity index is 468. The van der Waals surface area contributed by atoms with Crippen molar-refractivity contribution in [1.29, 1.82) is 0 Å². The van der Waals surface area contributed by atoms with Gasteiger partial charge in [-0.05, 0) is 12.8 Å². The fourth-order valence-corrected chi connectivity index (χ4v) is 2.51. The standard InChI is InChI=1S/C12H21N2O8P/c13-7-9-21-23(18,19)20-8-3-1-2-4-12(17)22-14-10(15)5-6-11(14)16/h1-9,13H2,(H,18,19). The maximum Gasteiger partial charge on any atom is 0.472 e. The topological polar surface area (TPSA) is 145 Å².